The van der Waals surface area contributed by atoms with Crippen molar-refractivity contribution < 1.29 is 27.8 Å². The lowest BCUT2D eigenvalue weighted by atomic mass is 9.97. The minimum atomic E-state index is -0.875. The van der Waals surface area contributed by atoms with Crippen LogP contribution in [-0.2, 0) is 4.79 Å². The summed E-state index contributed by atoms with van der Waals surface area (Å²) in [5.74, 6) is -1.89. The van der Waals surface area contributed by atoms with Gasteiger partial charge >= 0.3 is 0 Å². The summed E-state index contributed by atoms with van der Waals surface area (Å²) in [6.45, 7) is 6.91. The Kier molecular flexibility index (Phi) is 7.76. The van der Waals surface area contributed by atoms with E-state index in [-0.39, 0.29) is 35.0 Å². The summed E-state index contributed by atoms with van der Waals surface area (Å²) in [5, 5.41) is 2.70. The molecule has 0 bridgehead atoms. The number of benzene rings is 1. The third kappa shape index (κ3) is 5.99. The van der Waals surface area contributed by atoms with Gasteiger partial charge in [-0.25, -0.2) is 28.7 Å². The largest absolute Gasteiger partial charge is 0.480 e. The molecular formula is C25H27F2N7O4. The molecule has 200 valence electrons. The molecule has 0 unspecified atom stereocenters. The fraction of sp³-hybridized carbons (Fsp3) is 0.360. The normalized spacial score (nSPS) is 16.0. The van der Waals surface area contributed by atoms with Crippen molar-refractivity contribution in [3.63, 3.8) is 0 Å². The number of aromatic nitrogens is 4. The van der Waals surface area contributed by atoms with Gasteiger partial charge in [0, 0.05) is 25.7 Å². The minimum absolute atomic E-state index is 0.0226. The van der Waals surface area contributed by atoms with Gasteiger partial charge in [0.1, 0.15) is 11.5 Å². The molecule has 0 spiro atoms. The maximum absolute atomic E-state index is 13.8. The first-order valence-corrected chi connectivity index (χ1v) is 11.8. The summed E-state index contributed by atoms with van der Waals surface area (Å²) >= 11 is 0. The summed E-state index contributed by atoms with van der Waals surface area (Å²) in [4.78, 5) is 46.0. The number of carbonyl (C=O) groups is 2. The summed E-state index contributed by atoms with van der Waals surface area (Å²) < 4.78 is 37.1. The number of anilines is 1. The molecule has 2 aromatic heterocycles. The number of hydrogen-bond acceptors (Lipinski definition) is 9. The molecule has 1 fully saturated rings. The van der Waals surface area contributed by atoms with Crippen molar-refractivity contribution in [3.05, 3.63) is 60.3 Å². The number of rotatable bonds is 7. The minimum Gasteiger partial charge on any atom is -0.480 e. The topological polar surface area (TPSA) is 123 Å². The molecular weight excluding hydrogens is 500 g/mol. The molecule has 1 N–H and O–H groups in total. The number of amides is 2. The van der Waals surface area contributed by atoms with Crippen LogP contribution in [0.1, 0.15) is 31.3 Å². The smallest absolute Gasteiger partial charge is 0.274 e. The number of methoxy groups -OCH3 is 1. The number of nitrogens with zero attached hydrogens (tertiary/aromatic N) is 6. The Morgan fingerprint density at radius 3 is 2.37 bits per heavy atom. The van der Waals surface area contributed by atoms with Crippen molar-refractivity contribution in [2.24, 2.45) is 0 Å². The van der Waals surface area contributed by atoms with Crippen molar-refractivity contribution in [2.75, 3.05) is 32.1 Å². The van der Waals surface area contributed by atoms with Gasteiger partial charge in [0.05, 0.1) is 43.5 Å². The van der Waals surface area contributed by atoms with Crippen LogP contribution in [0.15, 0.2) is 43.0 Å². The van der Waals surface area contributed by atoms with E-state index in [1.54, 1.807) is 11.8 Å². The van der Waals surface area contributed by atoms with Gasteiger partial charge in [0.25, 0.3) is 5.91 Å². The van der Waals surface area contributed by atoms with Gasteiger partial charge < -0.3 is 19.7 Å². The quantitative estimate of drug-likeness (QED) is 0.494. The molecule has 1 atom stereocenters. The number of hydrogen-bond donors (Lipinski definition) is 1. The van der Waals surface area contributed by atoms with Crippen molar-refractivity contribution in [1.82, 2.24) is 29.7 Å². The van der Waals surface area contributed by atoms with E-state index in [2.05, 4.69) is 25.3 Å². The number of carbonyl (C=O) groups excluding carboxylic acids is 2. The molecule has 11 nitrogen and oxygen atoms in total. The second-order valence-corrected chi connectivity index (χ2v) is 9.27. The maximum atomic E-state index is 13.8. The van der Waals surface area contributed by atoms with Crippen LogP contribution in [-0.4, -0.2) is 79.9 Å². The van der Waals surface area contributed by atoms with Gasteiger partial charge in [-0.05, 0) is 32.9 Å². The zero-order valence-electron chi connectivity index (χ0n) is 21.3. The van der Waals surface area contributed by atoms with Crippen LogP contribution in [0.4, 0.5) is 14.6 Å². The standard InChI is InChI=1S/C25H27F2N7O4/c1-15(23(35)32-20-11-31-22(13-29-20)38-19-6-5-16(26)9-17(19)27)33-7-8-34(25(2,3)14-33)24(36)18-10-30-21(37-4)12-28-18/h5-6,9-13,15H,7-8,14H2,1-4H3,(H,29,32,35)/t15-/m0/s1. The van der Waals surface area contributed by atoms with Gasteiger partial charge in [-0.2, -0.15) is 0 Å². The van der Waals surface area contributed by atoms with E-state index in [4.69, 9.17) is 9.47 Å². The van der Waals surface area contributed by atoms with Crippen LogP contribution in [0.25, 0.3) is 0 Å². The van der Waals surface area contributed by atoms with Crippen LogP contribution >= 0.6 is 0 Å². The summed E-state index contributed by atoms with van der Waals surface area (Å²) in [6, 6.07) is 2.37. The van der Waals surface area contributed by atoms with Crippen molar-refractivity contribution in [1.29, 1.82) is 0 Å². The monoisotopic (exact) mass is 527 g/mol. The molecule has 38 heavy (non-hydrogen) atoms. The van der Waals surface area contributed by atoms with E-state index < -0.39 is 23.2 Å². The lowest BCUT2D eigenvalue weighted by molar-refractivity contribution is -0.122. The molecule has 1 aliphatic heterocycles. The molecule has 0 saturated carbocycles. The molecule has 2 amide bonds. The van der Waals surface area contributed by atoms with Crippen LogP contribution in [0, 0.1) is 11.6 Å². The lowest BCUT2D eigenvalue weighted by Gasteiger charge is -2.48. The molecule has 13 heteroatoms. The molecule has 1 aliphatic rings. The van der Waals surface area contributed by atoms with Crippen molar-refractivity contribution in [3.8, 4) is 17.5 Å². The number of piperazine rings is 1. The SMILES string of the molecule is COc1cnc(C(=O)N2CCN([C@@H](C)C(=O)Nc3cnc(Oc4ccc(F)cc4F)cn3)CC2(C)C)cn1. The number of ether oxygens (including phenoxy) is 2. The lowest BCUT2D eigenvalue weighted by Crippen LogP contribution is -2.63. The Morgan fingerprint density at radius 1 is 1.03 bits per heavy atom. The summed E-state index contributed by atoms with van der Waals surface area (Å²) in [6.07, 6.45) is 5.27. The Hall–Kier alpha value is -4.26. The second kappa shape index (κ2) is 11.0. The molecule has 1 saturated heterocycles. The van der Waals surface area contributed by atoms with Gasteiger partial charge in [-0.1, -0.05) is 0 Å². The summed E-state index contributed by atoms with van der Waals surface area (Å²) in [7, 11) is 1.47. The molecule has 0 aliphatic carbocycles. The van der Waals surface area contributed by atoms with Crippen molar-refractivity contribution >= 4 is 17.6 Å². The maximum Gasteiger partial charge on any atom is 0.274 e. The Labute approximate surface area is 217 Å². The fourth-order valence-corrected chi connectivity index (χ4v) is 4.07. The van der Waals surface area contributed by atoms with Crippen LogP contribution in [0.5, 0.6) is 17.5 Å². The number of halogens is 2. The van der Waals surface area contributed by atoms with E-state index >= 15 is 0 Å². The van der Waals surface area contributed by atoms with Crippen LogP contribution in [0.2, 0.25) is 0 Å². The van der Waals surface area contributed by atoms with E-state index in [0.717, 1.165) is 12.1 Å². The van der Waals surface area contributed by atoms with Gasteiger partial charge in [-0.3, -0.25) is 14.5 Å². The highest BCUT2D eigenvalue weighted by Gasteiger charge is 2.40. The molecule has 3 aromatic rings. The highest BCUT2D eigenvalue weighted by molar-refractivity contribution is 5.94. The highest BCUT2D eigenvalue weighted by Crippen LogP contribution is 2.26. The van der Waals surface area contributed by atoms with Gasteiger partial charge in [0.15, 0.2) is 17.4 Å². The van der Waals surface area contributed by atoms with Gasteiger partial charge in [0.2, 0.25) is 17.7 Å². The molecule has 1 aromatic carbocycles. The van der Waals surface area contributed by atoms with Crippen molar-refractivity contribution in [2.45, 2.75) is 32.4 Å². The first-order chi connectivity index (χ1) is 18.1. The van der Waals surface area contributed by atoms with Gasteiger partial charge in [-0.15, -0.1) is 0 Å². The first kappa shape index (κ1) is 26.8. The average molecular weight is 528 g/mol. The van der Waals surface area contributed by atoms with Crippen LogP contribution < -0.4 is 14.8 Å². The zero-order chi connectivity index (χ0) is 27.4. The third-order valence-corrected chi connectivity index (χ3v) is 6.15. The van der Waals surface area contributed by atoms with Crippen LogP contribution in [0.3, 0.4) is 0 Å². The van der Waals surface area contributed by atoms with E-state index in [1.807, 2.05) is 18.7 Å². The van der Waals surface area contributed by atoms with E-state index in [9.17, 15) is 18.4 Å². The molecule has 3 heterocycles. The third-order valence-electron chi connectivity index (χ3n) is 6.15. The van der Waals surface area contributed by atoms with E-state index in [0.29, 0.717) is 31.6 Å². The Morgan fingerprint density at radius 2 is 1.76 bits per heavy atom. The predicted molar refractivity (Wildman–Crippen MR) is 132 cm³/mol. The second-order valence-electron chi connectivity index (χ2n) is 9.27. The Bertz CT molecular complexity index is 1310. The average Bonchev–Trinajstić information content (AvgIpc) is 2.90. The van der Waals surface area contributed by atoms with E-state index in [1.165, 1.54) is 31.9 Å². The number of nitrogens with one attached hydrogen (secondary N) is 1. The highest BCUT2D eigenvalue weighted by atomic mass is 19.1. The molecule has 4 rings (SSSR count). The molecule has 0 radical (unpaired) electrons. The first-order valence-electron chi connectivity index (χ1n) is 11.8. The Balaban J connectivity index is 1.34. The summed E-state index contributed by atoms with van der Waals surface area (Å²) in [5.41, 5.74) is -0.369. The fourth-order valence-electron chi connectivity index (χ4n) is 4.07. The predicted octanol–water partition coefficient (Wildman–Crippen LogP) is 2.91. The zero-order valence-corrected chi connectivity index (χ0v) is 21.3.